The van der Waals surface area contributed by atoms with Crippen LogP contribution in [0.15, 0.2) is 40.9 Å². The van der Waals surface area contributed by atoms with E-state index in [1.807, 2.05) is 30.3 Å². The summed E-state index contributed by atoms with van der Waals surface area (Å²) in [6, 6.07) is 12.1. The van der Waals surface area contributed by atoms with E-state index in [4.69, 9.17) is 9.72 Å². The molecule has 4 rings (SSSR count). The molecule has 0 amide bonds. The van der Waals surface area contributed by atoms with Crippen molar-refractivity contribution in [2.45, 2.75) is 13.3 Å². The molecule has 0 bridgehead atoms. The SMILES string of the molecule is CCc1nc2cccc3c2n1-c1cc(Br)ccc1O3. The quantitative estimate of drug-likeness (QED) is 0.519. The van der Waals surface area contributed by atoms with Crippen molar-refractivity contribution < 1.29 is 4.74 Å². The number of aryl methyl sites for hydroxylation is 1. The Labute approximate surface area is 119 Å². The number of hydrogen-bond donors (Lipinski definition) is 0. The average molecular weight is 315 g/mol. The molecule has 94 valence electrons. The highest BCUT2D eigenvalue weighted by Crippen LogP contribution is 2.42. The Kier molecular flexibility index (Phi) is 2.23. The van der Waals surface area contributed by atoms with Crippen molar-refractivity contribution in [3.8, 4) is 17.2 Å². The molecular formula is C15H11BrN2O. The van der Waals surface area contributed by atoms with Gasteiger partial charge in [-0.3, -0.25) is 4.57 Å². The highest BCUT2D eigenvalue weighted by atomic mass is 79.9. The van der Waals surface area contributed by atoms with Crippen molar-refractivity contribution in [1.82, 2.24) is 9.55 Å². The second-order valence-corrected chi connectivity index (χ2v) is 5.47. The second-order valence-electron chi connectivity index (χ2n) is 4.55. The Morgan fingerprint density at radius 2 is 2.11 bits per heavy atom. The number of ether oxygens (including phenoxy) is 1. The van der Waals surface area contributed by atoms with Gasteiger partial charge < -0.3 is 4.74 Å². The van der Waals surface area contributed by atoms with E-state index >= 15 is 0 Å². The first kappa shape index (κ1) is 11.1. The zero-order valence-corrected chi connectivity index (χ0v) is 11.9. The molecule has 19 heavy (non-hydrogen) atoms. The molecule has 1 aliphatic rings. The van der Waals surface area contributed by atoms with Crippen LogP contribution in [-0.2, 0) is 6.42 Å². The number of halogens is 1. The number of fused-ring (bicyclic) bond motifs is 2. The molecule has 3 nitrogen and oxygen atoms in total. The molecule has 0 saturated carbocycles. The van der Waals surface area contributed by atoms with E-state index in [-0.39, 0.29) is 0 Å². The first-order valence-electron chi connectivity index (χ1n) is 6.26. The fourth-order valence-corrected chi connectivity index (χ4v) is 2.94. The zero-order chi connectivity index (χ0) is 13.0. The summed E-state index contributed by atoms with van der Waals surface area (Å²) in [7, 11) is 0. The minimum absolute atomic E-state index is 0.871. The summed E-state index contributed by atoms with van der Waals surface area (Å²) in [4.78, 5) is 4.70. The molecule has 4 heteroatoms. The summed E-state index contributed by atoms with van der Waals surface area (Å²) < 4.78 is 9.22. The smallest absolute Gasteiger partial charge is 0.153 e. The lowest BCUT2D eigenvalue weighted by Crippen LogP contribution is -2.07. The van der Waals surface area contributed by atoms with Gasteiger partial charge in [-0.05, 0) is 30.3 Å². The third-order valence-corrected chi connectivity index (χ3v) is 3.90. The van der Waals surface area contributed by atoms with Crippen LogP contribution < -0.4 is 4.74 Å². The number of rotatable bonds is 1. The molecule has 2 heterocycles. The summed E-state index contributed by atoms with van der Waals surface area (Å²) >= 11 is 3.52. The van der Waals surface area contributed by atoms with Gasteiger partial charge in [0.05, 0.1) is 11.2 Å². The average Bonchev–Trinajstić information content (AvgIpc) is 2.80. The predicted molar refractivity (Wildman–Crippen MR) is 78.2 cm³/mol. The molecule has 0 radical (unpaired) electrons. The van der Waals surface area contributed by atoms with Gasteiger partial charge in [-0.2, -0.15) is 0 Å². The fraction of sp³-hybridized carbons (Fsp3) is 0.133. The number of aromatic nitrogens is 2. The number of para-hydroxylation sites is 1. The first-order valence-corrected chi connectivity index (χ1v) is 7.05. The van der Waals surface area contributed by atoms with Crippen LogP contribution in [0.3, 0.4) is 0 Å². The van der Waals surface area contributed by atoms with Gasteiger partial charge in [0.25, 0.3) is 0 Å². The molecule has 1 aromatic heterocycles. The van der Waals surface area contributed by atoms with Crippen LogP contribution in [-0.4, -0.2) is 9.55 Å². The monoisotopic (exact) mass is 314 g/mol. The molecule has 0 aliphatic carbocycles. The zero-order valence-electron chi connectivity index (χ0n) is 10.4. The molecule has 0 unspecified atom stereocenters. The summed E-state index contributed by atoms with van der Waals surface area (Å²) in [5.74, 6) is 2.81. The van der Waals surface area contributed by atoms with Crippen molar-refractivity contribution in [3.05, 3.63) is 46.7 Å². The van der Waals surface area contributed by atoms with E-state index in [0.29, 0.717) is 0 Å². The van der Waals surface area contributed by atoms with Crippen LogP contribution in [0.1, 0.15) is 12.7 Å². The third-order valence-electron chi connectivity index (χ3n) is 3.41. The maximum Gasteiger partial charge on any atom is 0.153 e. The lowest BCUT2D eigenvalue weighted by molar-refractivity contribution is 0.474. The van der Waals surface area contributed by atoms with E-state index in [2.05, 4.69) is 33.5 Å². The molecule has 0 saturated heterocycles. The van der Waals surface area contributed by atoms with E-state index in [1.54, 1.807) is 0 Å². The van der Waals surface area contributed by atoms with Gasteiger partial charge in [-0.1, -0.05) is 28.9 Å². The van der Waals surface area contributed by atoms with Crippen LogP contribution in [0.4, 0.5) is 0 Å². The van der Waals surface area contributed by atoms with E-state index < -0.39 is 0 Å². The topological polar surface area (TPSA) is 27.1 Å². The van der Waals surface area contributed by atoms with Crippen LogP contribution in [0, 0.1) is 0 Å². The second kappa shape index (κ2) is 3.84. The van der Waals surface area contributed by atoms with Crippen molar-refractivity contribution >= 4 is 27.0 Å². The van der Waals surface area contributed by atoms with Gasteiger partial charge >= 0.3 is 0 Å². The molecule has 0 spiro atoms. The molecule has 0 fully saturated rings. The maximum atomic E-state index is 5.98. The van der Waals surface area contributed by atoms with Gasteiger partial charge in [0.1, 0.15) is 11.3 Å². The minimum atomic E-state index is 0.871. The summed E-state index contributed by atoms with van der Waals surface area (Å²) in [6.45, 7) is 2.12. The van der Waals surface area contributed by atoms with Gasteiger partial charge in [-0.15, -0.1) is 0 Å². The highest BCUT2D eigenvalue weighted by molar-refractivity contribution is 9.10. The largest absolute Gasteiger partial charge is 0.453 e. The number of nitrogens with zero attached hydrogens (tertiary/aromatic N) is 2. The van der Waals surface area contributed by atoms with Crippen molar-refractivity contribution in [1.29, 1.82) is 0 Å². The number of imidazole rings is 1. The van der Waals surface area contributed by atoms with Gasteiger partial charge in [0.15, 0.2) is 11.5 Å². The standard InChI is InChI=1S/C15H11BrN2O/c1-2-14-17-10-4-3-5-13-15(10)18(14)11-8-9(16)6-7-12(11)19-13/h3-8H,2H2,1H3. The molecule has 3 aromatic rings. The van der Waals surface area contributed by atoms with Crippen LogP contribution in [0.2, 0.25) is 0 Å². The molecule has 0 N–H and O–H groups in total. The Morgan fingerprint density at radius 1 is 1.21 bits per heavy atom. The van der Waals surface area contributed by atoms with Gasteiger partial charge in [-0.25, -0.2) is 4.98 Å². The van der Waals surface area contributed by atoms with Crippen molar-refractivity contribution in [2.75, 3.05) is 0 Å². The lowest BCUT2D eigenvalue weighted by Gasteiger charge is -2.20. The summed E-state index contributed by atoms with van der Waals surface area (Å²) in [6.07, 6.45) is 0.889. The first-order chi connectivity index (χ1) is 9.28. The fourth-order valence-electron chi connectivity index (χ4n) is 2.59. The highest BCUT2D eigenvalue weighted by Gasteiger charge is 2.23. The Hall–Kier alpha value is -1.81. The van der Waals surface area contributed by atoms with Gasteiger partial charge in [0.2, 0.25) is 0 Å². The van der Waals surface area contributed by atoms with E-state index in [0.717, 1.165) is 44.9 Å². The van der Waals surface area contributed by atoms with Crippen molar-refractivity contribution in [3.63, 3.8) is 0 Å². The molecule has 2 aromatic carbocycles. The Balaban J connectivity index is 2.18. The third kappa shape index (κ3) is 1.46. The molecule has 1 aliphatic heterocycles. The maximum absolute atomic E-state index is 5.98. The normalized spacial score (nSPS) is 12.3. The molecular weight excluding hydrogens is 304 g/mol. The van der Waals surface area contributed by atoms with Gasteiger partial charge in [0, 0.05) is 10.9 Å². The van der Waals surface area contributed by atoms with Crippen LogP contribution >= 0.6 is 15.9 Å². The minimum Gasteiger partial charge on any atom is -0.453 e. The van der Waals surface area contributed by atoms with Crippen LogP contribution in [0.25, 0.3) is 16.7 Å². The van der Waals surface area contributed by atoms with E-state index in [1.165, 1.54) is 0 Å². The molecule has 0 atom stereocenters. The predicted octanol–water partition coefficient (Wildman–Crippen LogP) is 4.46. The number of hydrogen-bond acceptors (Lipinski definition) is 2. The summed E-state index contributed by atoms with van der Waals surface area (Å²) in [5.41, 5.74) is 3.09. The Morgan fingerprint density at radius 3 is 2.95 bits per heavy atom. The lowest BCUT2D eigenvalue weighted by atomic mass is 10.2. The number of benzene rings is 2. The van der Waals surface area contributed by atoms with Crippen LogP contribution in [0.5, 0.6) is 11.5 Å². The summed E-state index contributed by atoms with van der Waals surface area (Å²) in [5, 5.41) is 0. The Bertz CT molecular complexity index is 807. The van der Waals surface area contributed by atoms with Crippen molar-refractivity contribution in [2.24, 2.45) is 0 Å². The van der Waals surface area contributed by atoms with E-state index in [9.17, 15) is 0 Å².